The number of hydrogen-bond donors (Lipinski definition) is 1. The van der Waals surface area contributed by atoms with Gasteiger partial charge in [0.1, 0.15) is 4.90 Å². The minimum Gasteiger partial charge on any atom is -0.449 e. The molecule has 6 nitrogen and oxygen atoms in total. The smallest absolute Gasteiger partial charge is 0.289 e. The van der Waals surface area contributed by atoms with Crippen molar-refractivity contribution in [3.63, 3.8) is 0 Å². The number of aryl methyl sites for hydroxylation is 2. The van der Waals surface area contributed by atoms with E-state index in [2.05, 4.69) is 4.72 Å². The minimum absolute atomic E-state index is 0.0328. The Bertz CT molecular complexity index is 1290. The number of furan rings is 1. The van der Waals surface area contributed by atoms with Crippen LogP contribution in [0.2, 0.25) is 5.02 Å². The molecule has 1 aliphatic rings. The second-order valence-electron chi connectivity index (χ2n) is 8.37. The summed E-state index contributed by atoms with van der Waals surface area (Å²) in [5, 5.41) is 0.927. The van der Waals surface area contributed by atoms with Gasteiger partial charge in [-0.05, 0) is 62.9 Å². The molecule has 0 radical (unpaired) electrons. The number of carbonyl (C=O) groups excluding carboxylic acids is 1. The van der Waals surface area contributed by atoms with E-state index in [-0.39, 0.29) is 27.8 Å². The maximum atomic E-state index is 13.5. The van der Waals surface area contributed by atoms with Gasteiger partial charge >= 0.3 is 0 Å². The van der Waals surface area contributed by atoms with Crippen LogP contribution < -0.4 is 4.72 Å². The SMILES string of the molecule is Cc1cc2c(C)c(C(=O)N3CCCCCC3)oc2c(S(=O)(=O)Nc2ccccc2Cl)c1C. The van der Waals surface area contributed by atoms with E-state index in [0.717, 1.165) is 31.2 Å². The first-order valence-electron chi connectivity index (χ1n) is 10.8. The van der Waals surface area contributed by atoms with E-state index in [1.165, 1.54) is 0 Å². The van der Waals surface area contributed by atoms with Crippen molar-refractivity contribution in [3.8, 4) is 0 Å². The first-order valence-corrected chi connectivity index (χ1v) is 12.7. The number of nitrogens with zero attached hydrogens (tertiary/aromatic N) is 1. The van der Waals surface area contributed by atoms with Crippen LogP contribution in [0.1, 0.15) is 52.9 Å². The van der Waals surface area contributed by atoms with Crippen molar-refractivity contribution in [2.24, 2.45) is 0 Å². The molecule has 1 amide bonds. The highest BCUT2D eigenvalue weighted by Gasteiger charge is 2.30. The molecule has 0 saturated carbocycles. The lowest BCUT2D eigenvalue weighted by atomic mass is 10.0. The molecule has 1 fully saturated rings. The fraction of sp³-hybridized carbons (Fsp3) is 0.375. The van der Waals surface area contributed by atoms with Crippen LogP contribution in [0.4, 0.5) is 5.69 Å². The zero-order chi connectivity index (χ0) is 23.0. The Morgan fingerprint density at radius 3 is 2.34 bits per heavy atom. The molecule has 4 rings (SSSR count). The van der Waals surface area contributed by atoms with Crippen LogP contribution in [0.3, 0.4) is 0 Å². The first-order chi connectivity index (χ1) is 15.2. The quantitative estimate of drug-likeness (QED) is 0.516. The third-order valence-electron chi connectivity index (χ3n) is 6.17. The predicted molar refractivity (Wildman–Crippen MR) is 127 cm³/mol. The number of likely N-dealkylation sites (tertiary alicyclic amines) is 1. The van der Waals surface area contributed by atoms with Crippen LogP contribution in [0, 0.1) is 20.8 Å². The zero-order valence-electron chi connectivity index (χ0n) is 18.5. The number of rotatable bonds is 4. The molecule has 8 heteroatoms. The van der Waals surface area contributed by atoms with Gasteiger partial charge < -0.3 is 9.32 Å². The van der Waals surface area contributed by atoms with E-state index in [9.17, 15) is 13.2 Å². The standard InChI is InChI=1S/C24H27ClN2O4S/c1-15-14-18-17(3)21(24(28)27-12-8-4-5-9-13-27)31-22(18)23(16(15)2)32(29,30)26-20-11-7-6-10-19(20)25/h6-7,10-11,14,26H,4-5,8-9,12-13H2,1-3H3. The van der Waals surface area contributed by atoms with Gasteiger partial charge in [0.15, 0.2) is 11.3 Å². The Morgan fingerprint density at radius 2 is 1.69 bits per heavy atom. The van der Waals surface area contributed by atoms with Gasteiger partial charge in [0, 0.05) is 24.0 Å². The van der Waals surface area contributed by atoms with E-state index in [1.807, 2.05) is 24.8 Å². The summed E-state index contributed by atoms with van der Waals surface area (Å²) in [5.41, 5.74) is 2.51. The van der Waals surface area contributed by atoms with Gasteiger partial charge in [0.05, 0.1) is 10.7 Å². The van der Waals surface area contributed by atoms with Crippen molar-refractivity contribution in [3.05, 3.63) is 57.8 Å². The number of hydrogen-bond acceptors (Lipinski definition) is 4. The molecule has 2 heterocycles. The predicted octanol–water partition coefficient (Wildman–Crippen LogP) is 5.83. The zero-order valence-corrected chi connectivity index (χ0v) is 20.1. The van der Waals surface area contributed by atoms with Crippen LogP contribution in [-0.4, -0.2) is 32.3 Å². The number of para-hydroxylation sites is 1. The number of benzene rings is 2. The summed E-state index contributed by atoms with van der Waals surface area (Å²) in [4.78, 5) is 15.1. The Kier molecular flexibility index (Phi) is 6.23. The van der Waals surface area contributed by atoms with Crippen LogP contribution in [0.25, 0.3) is 11.0 Å². The lowest BCUT2D eigenvalue weighted by molar-refractivity contribution is 0.0731. The number of halogens is 1. The first kappa shape index (κ1) is 22.7. The Balaban J connectivity index is 1.84. The van der Waals surface area contributed by atoms with E-state index < -0.39 is 10.0 Å². The summed E-state index contributed by atoms with van der Waals surface area (Å²) >= 11 is 6.18. The summed E-state index contributed by atoms with van der Waals surface area (Å²) in [6.07, 6.45) is 4.14. The molecule has 1 N–H and O–H groups in total. The number of carbonyl (C=O) groups is 1. The van der Waals surface area contributed by atoms with Crippen LogP contribution in [-0.2, 0) is 10.0 Å². The summed E-state index contributed by atoms with van der Waals surface area (Å²) < 4.78 is 35.5. The van der Waals surface area contributed by atoms with Crippen molar-refractivity contribution < 1.29 is 17.6 Å². The maximum Gasteiger partial charge on any atom is 0.289 e. The molecular formula is C24H27ClN2O4S. The second-order valence-corrected chi connectivity index (χ2v) is 10.4. The Labute approximate surface area is 193 Å². The summed E-state index contributed by atoms with van der Waals surface area (Å²) in [6.45, 7) is 6.78. The highest BCUT2D eigenvalue weighted by molar-refractivity contribution is 7.93. The molecule has 0 aliphatic carbocycles. The van der Waals surface area contributed by atoms with Crippen molar-refractivity contribution in [1.29, 1.82) is 0 Å². The highest BCUT2D eigenvalue weighted by Crippen LogP contribution is 2.36. The van der Waals surface area contributed by atoms with E-state index in [4.69, 9.17) is 16.0 Å². The molecule has 0 spiro atoms. The van der Waals surface area contributed by atoms with Crippen LogP contribution >= 0.6 is 11.6 Å². The maximum absolute atomic E-state index is 13.5. The summed E-state index contributed by atoms with van der Waals surface area (Å²) in [7, 11) is -4.03. The normalized spacial score (nSPS) is 15.1. The van der Waals surface area contributed by atoms with Gasteiger partial charge in [-0.25, -0.2) is 8.42 Å². The van der Waals surface area contributed by atoms with Crippen molar-refractivity contribution in [1.82, 2.24) is 4.90 Å². The Morgan fingerprint density at radius 1 is 1.03 bits per heavy atom. The van der Waals surface area contributed by atoms with Crippen LogP contribution in [0.15, 0.2) is 39.6 Å². The van der Waals surface area contributed by atoms with Gasteiger partial charge in [-0.15, -0.1) is 0 Å². The minimum atomic E-state index is -4.03. The van der Waals surface area contributed by atoms with Gasteiger partial charge in [-0.3, -0.25) is 9.52 Å². The molecule has 0 bridgehead atoms. The lowest BCUT2D eigenvalue weighted by Crippen LogP contribution is -2.31. The molecule has 3 aromatic rings. The van der Waals surface area contributed by atoms with Crippen LogP contribution in [0.5, 0.6) is 0 Å². The molecule has 32 heavy (non-hydrogen) atoms. The molecular weight excluding hydrogens is 448 g/mol. The number of amides is 1. The fourth-order valence-corrected chi connectivity index (χ4v) is 6.00. The number of anilines is 1. The molecule has 1 saturated heterocycles. The molecule has 1 aromatic heterocycles. The average Bonchev–Trinajstić information content (AvgIpc) is 2.93. The van der Waals surface area contributed by atoms with E-state index in [1.54, 1.807) is 31.2 Å². The van der Waals surface area contributed by atoms with Gasteiger partial charge in [-0.2, -0.15) is 0 Å². The summed E-state index contributed by atoms with van der Waals surface area (Å²) in [6, 6.07) is 8.54. The van der Waals surface area contributed by atoms with Gasteiger partial charge in [0.25, 0.3) is 15.9 Å². The third kappa shape index (κ3) is 4.11. The molecule has 0 unspecified atom stereocenters. The highest BCUT2D eigenvalue weighted by atomic mass is 35.5. The van der Waals surface area contributed by atoms with Gasteiger partial charge in [-0.1, -0.05) is 36.6 Å². The molecule has 2 aromatic carbocycles. The number of sulfonamides is 1. The lowest BCUT2D eigenvalue weighted by Gasteiger charge is -2.19. The second kappa shape index (κ2) is 8.79. The Hall–Kier alpha value is -2.51. The van der Waals surface area contributed by atoms with Crippen molar-refractivity contribution >= 4 is 44.2 Å². The summed E-state index contributed by atoms with van der Waals surface area (Å²) in [5.74, 6) is 0.0272. The van der Waals surface area contributed by atoms with E-state index in [0.29, 0.717) is 34.6 Å². The van der Waals surface area contributed by atoms with Gasteiger partial charge in [0.2, 0.25) is 0 Å². The fourth-order valence-electron chi connectivity index (χ4n) is 4.23. The molecule has 1 aliphatic heterocycles. The van der Waals surface area contributed by atoms with Crippen molar-refractivity contribution in [2.45, 2.75) is 51.3 Å². The average molecular weight is 475 g/mol. The largest absolute Gasteiger partial charge is 0.449 e. The number of nitrogens with one attached hydrogen (secondary N) is 1. The number of fused-ring (bicyclic) bond motifs is 1. The topological polar surface area (TPSA) is 79.6 Å². The van der Waals surface area contributed by atoms with E-state index >= 15 is 0 Å². The third-order valence-corrected chi connectivity index (χ3v) is 8.01. The molecule has 170 valence electrons. The molecule has 0 atom stereocenters. The monoisotopic (exact) mass is 474 g/mol. The van der Waals surface area contributed by atoms with Crippen molar-refractivity contribution in [2.75, 3.05) is 17.8 Å².